The van der Waals surface area contributed by atoms with Crippen LogP contribution in [-0.4, -0.2) is 40.4 Å². The number of hydrogen-bond acceptors (Lipinski definition) is 4. The molecular weight excluding hydrogens is 376 g/mol. The van der Waals surface area contributed by atoms with Crippen LogP contribution in [0.4, 0.5) is 0 Å². The van der Waals surface area contributed by atoms with Crippen molar-refractivity contribution < 1.29 is 4.74 Å². The van der Waals surface area contributed by atoms with Crippen molar-refractivity contribution in [2.75, 3.05) is 19.7 Å². The van der Waals surface area contributed by atoms with E-state index < -0.39 is 0 Å². The van der Waals surface area contributed by atoms with Gasteiger partial charge in [-0.25, -0.2) is 4.99 Å². The molecule has 2 heterocycles. The number of ether oxygens (including phenoxy) is 1. The summed E-state index contributed by atoms with van der Waals surface area (Å²) in [5.74, 6) is 3.94. The standard InChI is InChI=1S/C23H34N6O/c1-3-17-30-20-12-8-7-11-19(20)18-26-23(24-4-2)25-15-10-14-22-28-27-21-13-6-5-9-16-29(21)22/h3,7-8,11-12H,1,4-6,9-10,13-18H2,2H3,(H2,24,25,26). The summed E-state index contributed by atoms with van der Waals surface area (Å²) in [6, 6.07) is 7.99. The summed E-state index contributed by atoms with van der Waals surface area (Å²) >= 11 is 0. The van der Waals surface area contributed by atoms with Gasteiger partial charge in [0.25, 0.3) is 0 Å². The van der Waals surface area contributed by atoms with Crippen molar-refractivity contribution in [2.45, 2.75) is 58.5 Å². The number of rotatable bonds is 10. The van der Waals surface area contributed by atoms with Crippen molar-refractivity contribution in [1.29, 1.82) is 0 Å². The van der Waals surface area contributed by atoms with Crippen LogP contribution in [0.2, 0.25) is 0 Å². The van der Waals surface area contributed by atoms with Crippen LogP contribution in [0.15, 0.2) is 41.9 Å². The Morgan fingerprint density at radius 3 is 3.00 bits per heavy atom. The predicted molar refractivity (Wildman–Crippen MR) is 121 cm³/mol. The van der Waals surface area contributed by atoms with E-state index in [0.29, 0.717) is 13.2 Å². The van der Waals surface area contributed by atoms with E-state index in [9.17, 15) is 0 Å². The molecule has 1 aliphatic rings. The Morgan fingerprint density at radius 1 is 1.23 bits per heavy atom. The summed E-state index contributed by atoms with van der Waals surface area (Å²) < 4.78 is 8.06. The summed E-state index contributed by atoms with van der Waals surface area (Å²) in [5.41, 5.74) is 1.06. The van der Waals surface area contributed by atoms with Crippen LogP contribution >= 0.6 is 0 Å². The second-order valence-electron chi connectivity index (χ2n) is 7.43. The van der Waals surface area contributed by atoms with Crippen molar-refractivity contribution in [3.05, 3.63) is 54.1 Å². The lowest BCUT2D eigenvalue weighted by molar-refractivity contribution is 0.359. The number of aryl methyl sites for hydroxylation is 2. The second-order valence-corrected chi connectivity index (χ2v) is 7.43. The fraction of sp³-hybridized carbons (Fsp3) is 0.522. The Labute approximate surface area is 179 Å². The first kappa shape index (κ1) is 21.9. The summed E-state index contributed by atoms with van der Waals surface area (Å²) in [5, 5.41) is 15.6. The van der Waals surface area contributed by atoms with Crippen LogP contribution in [-0.2, 0) is 25.9 Å². The molecule has 1 aromatic carbocycles. The van der Waals surface area contributed by atoms with Crippen molar-refractivity contribution in [3.8, 4) is 5.75 Å². The van der Waals surface area contributed by atoms with Crippen molar-refractivity contribution >= 4 is 5.96 Å². The molecule has 0 fully saturated rings. The van der Waals surface area contributed by atoms with E-state index in [0.717, 1.165) is 67.8 Å². The molecule has 1 aliphatic heterocycles. The van der Waals surface area contributed by atoms with E-state index in [1.54, 1.807) is 6.08 Å². The third kappa shape index (κ3) is 6.34. The number of aliphatic imine (C=N–C) groups is 1. The molecule has 7 heteroatoms. The third-order valence-electron chi connectivity index (χ3n) is 5.14. The summed E-state index contributed by atoms with van der Waals surface area (Å²) in [6.07, 6.45) is 8.46. The van der Waals surface area contributed by atoms with Gasteiger partial charge in [-0.1, -0.05) is 37.3 Å². The molecule has 0 amide bonds. The SMILES string of the molecule is C=CCOc1ccccc1CN=C(NCC)NCCCc1nnc2n1CCCCC2. The van der Waals surface area contributed by atoms with Crippen LogP contribution in [0, 0.1) is 0 Å². The second kappa shape index (κ2) is 12.0. The number of nitrogens with zero attached hydrogens (tertiary/aromatic N) is 4. The molecule has 30 heavy (non-hydrogen) atoms. The van der Waals surface area contributed by atoms with E-state index in [-0.39, 0.29) is 0 Å². The first-order valence-electron chi connectivity index (χ1n) is 11.1. The number of nitrogens with one attached hydrogen (secondary N) is 2. The fourth-order valence-corrected chi connectivity index (χ4v) is 3.61. The van der Waals surface area contributed by atoms with Crippen LogP contribution in [0.5, 0.6) is 5.75 Å². The molecule has 1 aromatic heterocycles. The molecule has 0 saturated carbocycles. The lowest BCUT2D eigenvalue weighted by atomic mass is 10.2. The minimum absolute atomic E-state index is 0.491. The summed E-state index contributed by atoms with van der Waals surface area (Å²) in [6.45, 7) is 9.54. The van der Waals surface area contributed by atoms with Crippen molar-refractivity contribution in [1.82, 2.24) is 25.4 Å². The number of fused-ring (bicyclic) bond motifs is 1. The first-order chi connectivity index (χ1) is 14.8. The van der Waals surface area contributed by atoms with Gasteiger partial charge in [-0.2, -0.15) is 0 Å². The third-order valence-corrected chi connectivity index (χ3v) is 5.14. The Morgan fingerprint density at radius 2 is 2.13 bits per heavy atom. The first-order valence-corrected chi connectivity index (χ1v) is 11.1. The number of aromatic nitrogens is 3. The Hall–Kier alpha value is -2.83. The van der Waals surface area contributed by atoms with Gasteiger partial charge in [-0.05, 0) is 32.3 Å². The monoisotopic (exact) mass is 410 g/mol. The fourth-order valence-electron chi connectivity index (χ4n) is 3.61. The van der Waals surface area contributed by atoms with Crippen molar-refractivity contribution in [3.63, 3.8) is 0 Å². The Kier molecular flexibility index (Phi) is 8.75. The molecular formula is C23H34N6O. The molecule has 2 N–H and O–H groups in total. The van der Waals surface area contributed by atoms with E-state index >= 15 is 0 Å². The molecule has 0 aliphatic carbocycles. The maximum atomic E-state index is 5.73. The molecule has 0 saturated heterocycles. The van der Waals surface area contributed by atoms with E-state index in [4.69, 9.17) is 9.73 Å². The Balaban J connectivity index is 1.51. The number of benzene rings is 1. The average molecular weight is 411 g/mol. The molecule has 0 atom stereocenters. The van der Waals surface area contributed by atoms with Gasteiger partial charge in [0.1, 0.15) is 24.0 Å². The van der Waals surface area contributed by atoms with Crippen LogP contribution in [0.1, 0.15) is 49.8 Å². The molecule has 0 bridgehead atoms. The van der Waals surface area contributed by atoms with Gasteiger partial charge in [-0.3, -0.25) is 0 Å². The van der Waals surface area contributed by atoms with E-state index in [2.05, 4.69) is 38.9 Å². The molecule has 3 rings (SSSR count). The average Bonchev–Trinajstić information content (AvgIpc) is 2.99. The molecule has 0 unspecified atom stereocenters. The zero-order valence-corrected chi connectivity index (χ0v) is 18.1. The van der Waals surface area contributed by atoms with Gasteiger partial charge in [0, 0.05) is 38.0 Å². The maximum absolute atomic E-state index is 5.73. The number of hydrogen-bond donors (Lipinski definition) is 2. The number of para-hydroxylation sites is 1. The minimum atomic E-state index is 0.491. The van der Waals surface area contributed by atoms with Gasteiger partial charge in [0.15, 0.2) is 5.96 Å². The molecule has 2 aromatic rings. The molecule has 0 radical (unpaired) electrons. The molecule has 7 nitrogen and oxygen atoms in total. The highest BCUT2D eigenvalue weighted by molar-refractivity contribution is 5.79. The molecule has 162 valence electrons. The topological polar surface area (TPSA) is 76.4 Å². The lowest BCUT2D eigenvalue weighted by Crippen LogP contribution is -2.37. The largest absolute Gasteiger partial charge is 0.489 e. The summed E-state index contributed by atoms with van der Waals surface area (Å²) in [4.78, 5) is 4.73. The van der Waals surface area contributed by atoms with Gasteiger partial charge in [-0.15, -0.1) is 10.2 Å². The zero-order chi connectivity index (χ0) is 21.0. The Bertz CT molecular complexity index is 829. The lowest BCUT2D eigenvalue weighted by Gasteiger charge is -2.13. The highest BCUT2D eigenvalue weighted by atomic mass is 16.5. The van der Waals surface area contributed by atoms with Crippen LogP contribution in [0.3, 0.4) is 0 Å². The van der Waals surface area contributed by atoms with E-state index in [1.807, 2.05) is 24.3 Å². The van der Waals surface area contributed by atoms with E-state index in [1.165, 1.54) is 19.3 Å². The maximum Gasteiger partial charge on any atom is 0.191 e. The van der Waals surface area contributed by atoms with Gasteiger partial charge in [0.05, 0.1) is 6.54 Å². The normalized spacial score (nSPS) is 14.0. The smallest absolute Gasteiger partial charge is 0.191 e. The quantitative estimate of drug-likeness (QED) is 0.272. The van der Waals surface area contributed by atoms with Gasteiger partial charge >= 0.3 is 0 Å². The minimum Gasteiger partial charge on any atom is -0.489 e. The zero-order valence-electron chi connectivity index (χ0n) is 18.1. The van der Waals surface area contributed by atoms with Crippen LogP contribution in [0.25, 0.3) is 0 Å². The number of guanidine groups is 1. The van der Waals surface area contributed by atoms with Crippen LogP contribution < -0.4 is 15.4 Å². The van der Waals surface area contributed by atoms with Crippen molar-refractivity contribution in [2.24, 2.45) is 4.99 Å². The molecule has 0 spiro atoms. The highest BCUT2D eigenvalue weighted by Crippen LogP contribution is 2.19. The highest BCUT2D eigenvalue weighted by Gasteiger charge is 2.14. The van der Waals surface area contributed by atoms with Gasteiger partial charge < -0.3 is 19.9 Å². The predicted octanol–water partition coefficient (Wildman–Crippen LogP) is 3.26. The summed E-state index contributed by atoms with van der Waals surface area (Å²) in [7, 11) is 0. The van der Waals surface area contributed by atoms with Gasteiger partial charge in [0.2, 0.25) is 0 Å².